The zero-order chi connectivity index (χ0) is 32.9. The summed E-state index contributed by atoms with van der Waals surface area (Å²) in [5, 5.41) is 2.78. The maximum atomic E-state index is 13.9. The molecule has 2 aliphatic rings. The Bertz CT molecular complexity index is 1340. The van der Waals surface area contributed by atoms with Crippen LogP contribution in [0.1, 0.15) is 44.1 Å². The van der Waals surface area contributed by atoms with Gasteiger partial charge < -0.3 is 38.5 Å². The second-order valence-corrected chi connectivity index (χ2v) is 12.9. The van der Waals surface area contributed by atoms with E-state index in [1.807, 2.05) is 42.2 Å². The number of carbonyl (C=O) groups excluding carboxylic acids is 3. The fraction of sp³-hybridized carbons (Fsp3) is 0.581. The highest BCUT2D eigenvalue weighted by Gasteiger charge is 2.37. The number of nitrogens with one attached hydrogen (secondary N) is 1. The van der Waals surface area contributed by atoms with Crippen LogP contribution in [0.15, 0.2) is 36.4 Å². The van der Waals surface area contributed by atoms with Crippen LogP contribution < -0.4 is 10.2 Å². The molecular formula is C31H45N6O8P. The second-order valence-electron chi connectivity index (χ2n) is 10.8. The summed E-state index contributed by atoms with van der Waals surface area (Å²) in [5.41, 5.74) is 0.776. The normalized spacial score (nSPS) is 16.2. The van der Waals surface area contributed by atoms with E-state index in [0.717, 1.165) is 18.4 Å². The van der Waals surface area contributed by atoms with E-state index >= 15 is 0 Å². The predicted octanol–water partition coefficient (Wildman–Crippen LogP) is 3.43. The predicted molar refractivity (Wildman–Crippen MR) is 172 cm³/mol. The highest BCUT2D eigenvalue weighted by molar-refractivity contribution is 7.54. The first-order valence-electron chi connectivity index (χ1n) is 15.9. The summed E-state index contributed by atoms with van der Waals surface area (Å²) in [6.07, 6.45) is 0.897. The molecule has 0 spiro atoms. The lowest BCUT2D eigenvalue weighted by atomic mass is 10.2. The molecule has 1 aromatic heterocycles. The minimum absolute atomic E-state index is 0.0513. The number of benzene rings is 1. The highest BCUT2D eigenvalue weighted by atomic mass is 31.2. The van der Waals surface area contributed by atoms with E-state index in [1.165, 1.54) is 4.90 Å². The quantitative estimate of drug-likeness (QED) is 0.234. The third kappa shape index (κ3) is 9.71. The Morgan fingerprint density at radius 3 is 2.22 bits per heavy atom. The van der Waals surface area contributed by atoms with Crippen molar-refractivity contribution >= 4 is 31.3 Å². The monoisotopic (exact) mass is 660 g/mol. The fourth-order valence-corrected chi connectivity index (χ4v) is 6.89. The first-order chi connectivity index (χ1) is 22.3. The van der Waals surface area contributed by atoms with Gasteiger partial charge in [0.2, 0.25) is 5.91 Å². The van der Waals surface area contributed by atoms with E-state index in [1.54, 1.807) is 24.8 Å². The molecule has 15 heteroatoms. The standard InChI is InChI=1S/C31H45N6O8P/c1-4-7-19-43-31(40)37-15-13-36(14-16-37)30(39)26(23-46(41,44-5-2)45-6-3)33-29(38)25-22-27(35-17-20-42-21-18-35)34-28(32-25)24-11-9-8-10-12-24/h8-12,22,26H,4-7,13-21,23H2,1-3H3,(H,33,38)/t26-/m0/s1. The molecule has 0 aliphatic carbocycles. The number of amides is 3. The molecule has 3 heterocycles. The van der Waals surface area contributed by atoms with Crippen LogP contribution in [0, 0.1) is 0 Å². The number of piperazine rings is 1. The van der Waals surface area contributed by atoms with Crippen LogP contribution in [0.4, 0.5) is 10.6 Å². The van der Waals surface area contributed by atoms with Crippen molar-refractivity contribution in [3.8, 4) is 11.4 Å². The molecule has 2 saturated heterocycles. The van der Waals surface area contributed by atoms with Crippen LogP contribution in [-0.4, -0.2) is 122 Å². The number of hydrogen-bond donors (Lipinski definition) is 1. The van der Waals surface area contributed by atoms with Crippen molar-refractivity contribution in [3.05, 3.63) is 42.1 Å². The Kier molecular flexibility index (Phi) is 13.3. The summed E-state index contributed by atoms with van der Waals surface area (Å²) in [6.45, 7) is 9.11. The Hall–Kier alpha value is -3.58. The third-order valence-electron chi connectivity index (χ3n) is 7.55. The molecule has 3 amide bonds. The summed E-state index contributed by atoms with van der Waals surface area (Å²) in [5.74, 6) is -0.182. The molecule has 2 aliphatic heterocycles. The van der Waals surface area contributed by atoms with Crippen LogP contribution in [0.2, 0.25) is 0 Å². The van der Waals surface area contributed by atoms with Crippen LogP contribution in [0.25, 0.3) is 11.4 Å². The maximum absolute atomic E-state index is 13.9. The molecule has 0 unspecified atom stereocenters. The molecule has 1 atom stereocenters. The number of rotatable bonds is 14. The molecule has 0 radical (unpaired) electrons. The topological polar surface area (TPSA) is 153 Å². The molecule has 14 nitrogen and oxygen atoms in total. The summed E-state index contributed by atoms with van der Waals surface area (Å²) >= 11 is 0. The molecule has 46 heavy (non-hydrogen) atoms. The number of anilines is 1. The van der Waals surface area contributed by atoms with Crippen LogP contribution in [0.3, 0.4) is 0 Å². The number of carbonyl (C=O) groups is 3. The van der Waals surface area contributed by atoms with E-state index in [4.69, 9.17) is 23.5 Å². The van der Waals surface area contributed by atoms with Gasteiger partial charge in [-0.05, 0) is 20.3 Å². The van der Waals surface area contributed by atoms with Gasteiger partial charge >= 0.3 is 13.7 Å². The lowest BCUT2D eigenvalue weighted by Crippen LogP contribution is -2.57. The summed E-state index contributed by atoms with van der Waals surface area (Å²) in [7, 11) is -3.76. The molecule has 1 N–H and O–H groups in total. The maximum Gasteiger partial charge on any atom is 0.409 e. The molecule has 4 rings (SSSR count). The zero-order valence-electron chi connectivity index (χ0n) is 26.9. The van der Waals surface area contributed by atoms with Gasteiger partial charge in [0, 0.05) is 50.9 Å². The average molecular weight is 661 g/mol. The molecule has 252 valence electrons. The lowest BCUT2D eigenvalue weighted by Gasteiger charge is -2.36. The van der Waals surface area contributed by atoms with Crippen molar-refractivity contribution in [2.24, 2.45) is 0 Å². The van der Waals surface area contributed by atoms with Gasteiger partial charge in [0.15, 0.2) is 5.82 Å². The first kappa shape index (κ1) is 35.3. The van der Waals surface area contributed by atoms with Crippen molar-refractivity contribution in [1.29, 1.82) is 0 Å². The van der Waals surface area contributed by atoms with Gasteiger partial charge in [0.05, 0.1) is 39.2 Å². The summed E-state index contributed by atoms with van der Waals surface area (Å²) in [6, 6.07) is 9.64. The molecular weight excluding hydrogens is 615 g/mol. The number of unbranched alkanes of at least 4 members (excludes halogenated alkanes) is 1. The average Bonchev–Trinajstić information content (AvgIpc) is 3.08. The molecule has 2 aromatic rings. The number of aromatic nitrogens is 2. The highest BCUT2D eigenvalue weighted by Crippen LogP contribution is 2.48. The van der Waals surface area contributed by atoms with Crippen molar-refractivity contribution < 1.29 is 37.5 Å². The van der Waals surface area contributed by atoms with Gasteiger partial charge in [-0.2, -0.15) is 0 Å². The summed E-state index contributed by atoms with van der Waals surface area (Å²) in [4.78, 5) is 54.6. The number of ether oxygens (including phenoxy) is 2. The summed E-state index contributed by atoms with van der Waals surface area (Å²) < 4.78 is 35.4. The van der Waals surface area contributed by atoms with Gasteiger partial charge in [0.25, 0.3) is 5.91 Å². The SMILES string of the molecule is CCCCOC(=O)N1CCN(C(=O)[C@H](CP(=O)(OCC)OCC)NC(=O)c2cc(N3CCOCC3)nc(-c3ccccc3)n2)CC1. The van der Waals surface area contributed by atoms with Gasteiger partial charge in [-0.15, -0.1) is 0 Å². The molecule has 0 saturated carbocycles. The van der Waals surface area contributed by atoms with E-state index in [0.29, 0.717) is 44.6 Å². The largest absolute Gasteiger partial charge is 0.449 e. The Labute approximate surface area is 270 Å². The lowest BCUT2D eigenvalue weighted by molar-refractivity contribution is -0.134. The molecule has 2 fully saturated rings. The van der Waals surface area contributed by atoms with Gasteiger partial charge in [-0.1, -0.05) is 43.7 Å². The Morgan fingerprint density at radius 2 is 1.59 bits per heavy atom. The van der Waals surface area contributed by atoms with Crippen LogP contribution in [-0.2, 0) is 27.9 Å². The Balaban J connectivity index is 1.58. The molecule has 0 bridgehead atoms. The van der Waals surface area contributed by atoms with E-state index < -0.39 is 31.5 Å². The van der Waals surface area contributed by atoms with Crippen molar-refractivity contribution in [2.75, 3.05) is 83.4 Å². The smallest absolute Gasteiger partial charge is 0.409 e. The van der Waals surface area contributed by atoms with Crippen LogP contribution in [0.5, 0.6) is 0 Å². The van der Waals surface area contributed by atoms with Crippen molar-refractivity contribution in [1.82, 2.24) is 25.1 Å². The van der Waals surface area contributed by atoms with E-state index in [2.05, 4.69) is 10.3 Å². The zero-order valence-corrected chi connectivity index (χ0v) is 27.8. The minimum atomic E-state index is -3.76. The number of hydrogen-bond acceptors (Lipinski definition) is 11. The third-order valence-corrected chi connectivity index (χ3v) is 9.66. The van der Waals surface area contributed by atoms with Crippen LogP contribution >= 0.6 is 7.60 Å². The van der Waals surface area contributed by atoms with E-state index in [9.17, 15) is 18.9 Å². The van der Waals surface area contributed by atoms with Crippen molar-refractivity contribution in [2.45, 2.75) is 39.7 Å². The Morgan fingerprint density at radius 1 is 0.935 bits per heavy atom. The first-order valence-corrected chi connectivity index (χ1v) is 17.7. The number of nitrogens with zero attached hydrogens (tertiary/aromatic N) is 5. The minimum Gasteiger partial charge on any atom is -0.449 e. The van der Waals surface area contributed by atoms with Gasteiger partial charge in [0.1, 0.15) is 17.6 Å². The van der Waals surface area contributed by atoms with Gasteiger partial charge in [-0.25, -0.2) is 14.8 Å². The van der Waals surface area contributed by atoms with Gasteiger partial charge in [-0.3, -0.25) is 14.2 Å². The van der Waals surface area contributed by atoms with E-state index in [-0.39, 0.29) is 51.2 Å². The van der Waals surface area contributed by atoms with Crippen molar-refractivity contribution in [3.63, 3.8) is 0 Å². The fourth-order valence-electron chi connectivity index (χ4n) is 5.12. The second kappa shape index (κ2) is 17.4. The number of morpholine rings is 1. The molecule has 1 aromatic carbocycles.